The molecular formula is C20H36O5. The van der Waals surface area contributed by atoms with E-state index < -0.39 is 11.9 Å². The Kier molecular flexibility index (Phi) is 11.8. The number of carbonyl (C=O) groups is 1. The van der Waals surface area contributed by atoms with Crippen molar-refractivity contribution >= 4 is 5.97 Å². The van der Waals surface area contributed by atoms with Gasteiger partial charge in [0.25, 0.3) is 0 Å². The van der Waals surface area contributed by atoms with E-state index in [0.29, 0.717) is 0 Å². The highest BCUT2D eigenvalue weighted by atomic mass is 17.2. The van der Waals surface area contributed by atoms with Gasteiger partial charge >= 0.3 is 5.97 Å². The SMILES string of the molecule is CCCCCCCCCCCC[C@@]1(OC)C=C[C@@H](CC(=O)OC)OO1. The van der Waals surface area contributed by atoms with Gasteiger partial charge in [-0.15, -0.1) is 0 Å². The predicted molar refractivity (Wildman–Crippen MR) is 97.9 cm³/mol. The summed E-state index contributed by atoms with van der Waals surface area (Å²) in [6.07, 6.45) is 17.1. The Bertz CT molecular complexity index is 382. The van der Waals surface area contributed by atoms with Gasteiger partial charge in [0.15, 0.2) is 0 Å². The van der Waals surface area contributed by atoms with Gasteiger partial charge in [-0.2, -0.15) is 4.89 Å². The first-order chi connectivity index (χ1) is 12.2. The van der Waals surface area contributed by atoms with Crippen molar-refractivity contribution < 1.29 is 24.0 Å². The van der Waals surface area contributed by atoms with Crippen LogP contribution in [0.3, 0.4) is 0 Å². The van der Waals surface area contributed by atoms with Crippen molar-refractivity contribution in [3.8, 4) is 0 Å². The van der Waals surface area contributed by atoms with E-state index in [1.54, 1.807) is 7.11 Å². The molecule has 0 aromatic carbocycles. The van der Waals surface area contributed by atoms with Crippen LogP contribution in [0.1, 0.15) is 84.0 Å². The molecule has 0 fully saturated rings. The van der Waals surface area contributed by atoms with Gasteiger partial charge in [0.2, 0.25) is 5.79 Å². The topological polar surface area (TPSA) is 54.0 Å². The molecular weight excluding hydrogens is 320 g/mol. The van der Waals surface area contributed by atoms with Crippen LogP contribution in [-0.4, -0.2) is 32.1 Å². The smallest absolute Gasteiger partial charge is 0.308 e. The lowest BCUT2D eigenvalue weighted by molar-refractivity contribution is -0.428. The maximum absolute atomic E-state index is 11.3. The summed E-state index contributed by atoms with van der Waals surface area (Å²) in [6, 6.07) is 0. The van der Waals surface area contributed by atoms with E-state index >= 15 is 0 Å². The summed E-state index contributed by atoms with van der Waals surface area (Å²) in [7, 11) is 2.98. The summed E-state index contributed by atoms with van der Waals surface area (Å²) in [5.74, 6) is -1.15. The van der Waals surface area contributed by atoms with E-state index in [2.05, 4.69) is 11.7 Å². The third-order valence-electron chi connectivity index (χ3n) is 4.70. The number of hydrogen-bond acceptors (Lipinski definition) is 5. The van der Waals surface area contributed by atoms with Crippen molar-refractivity contribution in [1.29, 1.82) is 0 Å². The molecule has 1 aliphatic heterocycles. The third kappa shape index (κ3) is 9.38. The summed E-state index contributed by atoms with van der Waals surface area (Å²) in [6.45, 7) is 2.25. The minimum absolute atomic E-state index is 0.144. The average molecular weight is 357 g/mol. The van der Waals surface area contributed by atoms with Crippen LogP contribution in [0.15, 0.2) is 12.2 Å². The Morgan fingerprint density at radius 3 is 2.08 bits per heavy atom. The van der Waals surface area contributed by atoms with Crippen LogP contribution in [0.25, 0.3) is 0 Å². The highest BCUT2D eigenvalue weighted by Gasteiger charge is 2.34. The minimum Gasteiger partial charge on any atom is -0.469 e. The number of unbranched alkanes of at least 4 members (excludes halogenated alkanes) is 9. The second kappa shape index (κ2) is 13.3. The van der Waals surface area contributed by atoms with Gasteiger partial charge in [0.05, 0.1) is 13.5 Å². The number of esters is 1. The van der Waals surface area contributed by atoms with Crippen molar-refractivity contribution in [3.05, 3.63) is 12.2 Å². The van der Waals surface area contributed by atoms with Crippen LogP contribution < -0.4 is 0 Å². The summed E-state index contributed by atoms with van der Waals surface area (Å²) >= 11 is 0. The van der Waals surface area contributed by atoms with Crippen LogP contribution in [0.4, 0.5) is 0 Å². The molecule has 0 aromatic heterocycles. The fraction of sp³-hybridized carbons (Fsp3) is 0.850. The maximum Gasteiger partial charge on any atom is 0.308 e. The lowest BCUT2D eigenvalue weighted by Crippen LogP contribution is -2.38. The molecule has 0 bridgehead atoms. The van der Waals surface area contributed by atoms with E-state index in [1.807, 2.05) is 12.2 Å². The zero-order chi connectivity index (χ0) is 18.4. The Morgan fingerprint density at radius 2 is 1.60 bits per heavy atom. The summed E-state index contributed by atoms with van der Waals surface area (Å²) in [4.78, 5) is 22.0. The van der Waals surface area contributed by atoms with E-state index in [0.717, 1.165) is 12.8 Å². The molecule has 146 valence electrons. The quantitative estimate of drug-likeness (QED) is 0.188. The van der Waals surface area contributed by atoms with Gasteiger partial charge in [-0.1, -0.05) is 70.8 Å². The van der Waals surface area contributed by atoms with E-state index in [-0.39, 0.29) is 12.4 Å². The first kappa shape index (κ1) is 22.1. The number of rotatable bonds is 14. The normalized spacial score (nSPS) is 22.9. The van der Waals surface area contributed by atoms with Crippen LogP contribution in [-0.2, 0) is 24.0 Å². The molecule has 1 rings (SSSR count). The Hall–Kier alpha value is -0.910. The summed E-state index contributed by atoms with van der Waals surface area (Å²) in [5, 5.41) is 0. The standard InChI is InChI=1S/C20H36O5/c1-4-5-6-7-8-9-10-11-12-13-15-20(23-3)16-14-18(24-25-20)17-19(21)22-2/h14,16,18H,4-13,15,17H2,1-3H3/t18-,20-/m0/s1. The minimum atomic E-state index is -0.827. The van der Waals surface area contributed by atoms with E-state index in [9.17, 15) is 4.79 Å². The second-order valence-electron chi connectivity index (χ2n) is 6.81. The molecule has 0 unspecified atom stereocenters. The van der Waals surface area contributed by atoms with E-state index in [4.69, 9.17) is 14.5 Å². The highest BCUT2D eigenvalue weighted by Crippen LogP contribution is 2.28. The van der Waals surface area contributed by atoms with Gasteiger partial charge < -0.3 is 9.47 Å². The zero-order valence-corrected chi connectivity index (χ0v) is 16.3. The average Bonchev–Trinajstić information content (AvgIpc) is 2.64. The Balaban J connectivity index is 2.14. The molecule has 0 spiro atoms. The lowest BCUT2D eigenvalue weighted by Gasteiger charge is -2.32. The molecule has 0 radical (unpaired) electrons. The van der Waals surface area contributed by atoms with Crippen LogP contribution in [0.2, 0.25) is 0 Å². The van der Waals surface area contributed by atoms with Crippen molar-refractivity contribution in [1.82, 2.24) is 0 Å². The number of carbonyl (C=O) groups excluding carboxylic acids is 1. The monoisotopic (exact) mass is 356 g/mol. The largest absolute Gasteiger partial charge is 0.469 e. The fourth-order valence-electron chi connectivity index (χ4n) is 2.99. The second-order valence-corrected chi connectivity index (χ2v) is 6.81. The molecule has 25 heavy (non-hydrogen) atoms. The maximum atomic E-state index is 11.3. The van der Waals surface area contributed by atoms with Crippen LogP contribution in [0.5, 0.6) is 0 Å². The molecule has 0 aliphatic carbocycles. The number of hydrogen-bond donors (Lipinski definition) is 0. The molecule has 0 saturated carbocycles. The third-order valence-corrected chi connectivity index (χ3v) is 4.70. The van der Waals surface area contributed by atoms with Gasteiger partial charge in [-0.25, -0.2) is 4.89 Å². The number of methoxy groups -OCH3 is 2. The summed E-state index contributed by atoms with van der Waals surface area (Å²) < 4.78 is 10.1. The molecule has 0 N–H and O–H groups in total. The van der Waals surface area contributed by atoms with Crippen molar-refractivity contribution in [2.24, 2.45) is 0 Å². The Morgan fingerprint density at radius 1 is 1.00 bits per heavy atom. The molecule has 0 amide bonds. The fourth-order valence-corrected chi connectivity index (χ4v) is 2.99. The van der Waals surface area contributed by atoms with Gasteiger partial charge in [-0.3, -0.25) is 4.79 Å². The van der Waals surface area contributed by atoms with Crippen LogP contribution in [0, 0.1) is 0 Å². The molecule has 0 saturated heterocycles. The molecule has 2 atom stereocenters. The van der Waals surface area contributed by atoms with Gasteiger partial charge in [0.1, 0.15) is 6.10 Å². The molecule has 1 aliphatic rings. The van der Waals surface area contributed by atoms with E-state index in [1.165, 1.54) is 64.9 Å². The summed E-state index contributed by atoms with van der Waals surface area (Å²) in [5.41, 5.74) is 0. The lowest BCUT2D eigenvalue weighted by atomic mass is 10.0. The van der Waals surface area contributed by atoms with Gasteiger partial charge in [-0.05, 0) is 12.5 Å². The first-order valence-corrected chi connectivity index (χ1v) is 9.81. The zero-order valence-electron chi connectivity index (χ0n) is 16.3. The highest BCUT2D eigenvalue weighted by molar-refractivity contribution is 5.70. The van der Waals surface area contributed by atoms with Gasteiger partial charge in [0, 0.05) is 13.5 Å². The predicted octanol–water partition coefficient (Wildman–Crippen LogP) is 5.09. The van der Waals surface area contributed by atoms with Crippen molar-refractivity contribution in [3.63, 3.8) is 0 Å². The van der Waals surface area contributed by atoms with Crippen molar-refractivity contribution in [2.75, 3.05) is 14.2 Å². The number of ether oxygens (including phenoxy) is 2. The molecule has 5 nitrogen and oxygen atoms in total. The molecule has 5 heteroatoms. The first-order valence-electron chi connectivity index (χ1n) is 9.81. The molecule has 1 heterocycles. The Labute approximate surface area is 153 Å². The van der Waals surface area contributed by atoms with Crippen molar-refractivity contribution in [2.45, 2.75) is 95.9 Å². The molecule has 0 aromatic rings. The van der Waals surface area contributed by atoms with Crippen LogP contribution >= 0.6 is 0 Å².